The highest BCUT2D eigenvalue weighted by atomic mass is 79.9. The van der Waals surface area contributed by atoms with E-state index in [1.54, 1.807) is 18.2 Å². The topological polar surface area (TPSA) is 75.6 Å². The lowest BCUT2D eigenvalue weighted by molar-refractivity contribution is -0.142. The highest BCUT2D eigenvalue weighted by Gasteiger charge is 2.27. The van der Waals surface area contributed by atoms with Crippen LogP contribution >= 0.6 is 15.9 Å². The highest BCUT2D eigenvalue weighted by Crippen LogP contribution is 2.28. The number of carbonyl (C=O) groups is 2. The van der Waals surface area contributed by atoms with Gasteiger partial charge in [0.05, 0.1) is 11.6 Å². The SMILES string of the molecule is COc1ccc(C(NC(=O)C2CC=CCC2)C(=O)O)cc1Br. The number of aliphatic carboxylic acids is 1. The van der Waals surface area contributed by atoms with Crippen LogP contribution in [0, 0.1) is 5.92 Å². The van der Waals surface area contributed by atoms with E-state index < -0.39 is 12.0 Å². The summed E-state index contributed by atoms with van der Waals surface area (Å²) in [5, 5.41) is 12.0. The average molecular weight is 368 g/mol. The van der Waals surface area contributed by atoms with Crippen LogP contribution in [0.1, 0.15) is 30.9 Å². The molecule has 118 valence electrons. The Kier molecular flexibility index (Phi) is 5.60. The number of methoxy groups -OCH3 is 1. The van der Waals surface area contributed by atoms with E-state index in [9.17, 15) is 14.7 Å². The van der Waals surface area contributed by atoms with Crippen molar-refractivity contribution in [3.8, 4) is 5.75 Å². The molecule has 22 heavy (non-hydrogen) atoms. The third-order valence-corrected chi connectivity index (χ3v) is 4.30. The van der Waals surface area contributed by atoms with E-state index in [2.05, 4.69) is 21.2 Å². The summed E-state index contributed by atoms with van der Waals surface area (Å²) in [6.45, 7) is 0. The van der Waals surface area contributed by atoms with Crippen molar-refractivity contribution in [2.24, 2.45) is 5.92 Å². The maximum Gasteiger partial charge on any atom is 0.330 e. The Morgan fingerprint density at radius 3 is 2.73 bits per heavy atom. The van der Waals surface area contributed by atoms with E-state index in [0.717, 1.165) is 12.8 Å². The molecule has 0 radical (unpaired) electrons. The van der Waals surface area contributed by atoms with Gasteiger partial charge in [0, 0.05) is 5.92 Å². The van der Waals surface area contributed by atoms with Crippen LogP contribution in [0.2, 0.25) is 0 Å². The summed E-state index contributed by atoms with van der Waals surface area (Å²) >= 11 is 3.33. The molecule has 0 aromatic heterocycles. The van der Waals surface area contributed by atoms with Gasteiger partial charge in [-0.3, -0.25) is 4.79 Å². The number of rotatable bonds is 5. The highest BCUT2D eigenvalue weighted by molar-refractivity contribution is 9.10. The van der Waals surface area contributed by atoms with Crippen molar-refractivity contribution in [2.75, 3.05) is 7.11 Å². The molecule has 1 aromatic rings. The van der Waals surface area contributed by atoms with Crippen molar-refractivity contribution < 1.29 is 19.4 Å². The second kappa shape index (κ2) is 7.45. The first-order chi connectivity index (χ1) is 10.5. The van der Waals surface area contributed by atoms with Crippen LogP contribution < -0.4 is 10.1 Å². The Labute approximate surface area is 137 Å². The third kappa shape index (κ3) is 3.88. The van der Waals surface area contributed by atoms with E-state index in [0.29, 0.717) is 22.2 Å². The number of carboxylic acid groups (broad SMARTS) is 1. The number of carbonyl (C=O) groups excluding carboxylic acids is 1. The molecule has 6 heteroatoms. The molecule has 0 spiro atoms. The van der Waals surface area contributed by atoms with Crippen LogP contribution in [0.25, 0.3) is 0 Å². The molecule has 0 aliphatic heterocycles. The monoisotopic (exact) mass is 367 g/mol. The minimum atomic E-state index is -1.09. The van der Waals surface area contributed by atoms with Crippen molar-refractivity contribution >= 4 is 27.8 Å². The van der Waals surface area contributed by atoms with Crippen molar-refractivity contribution in [3.63, 3.8) is 0 Å². The van der Waals surface area contributed by atoms with Gasteiger partial charge >= 0.3 is 5.97 Å². The molecular formula is C16H18BrNO4. The summed E-state index contributed by atoms with van der Waals surface area (Å²) in [5.74, 6) is -0.856. The molecule has 0 saturated carbocycles. The van der Waals surface area contributed by atoms with Gasteiger partial charge in [-0.25, -0.2) is 4.79 Å². The van der Waals surface area contributed by atoms with Gasteiger partial charge in [-0.1, -0.05) is 18.2 Å². The van der Waals surface area contributed by atoms with Gasteiger partial charge < -0.3 is 15.2 Å². The Balaban J connectivity index is 2.16. The van der Waals surface area contributed by atoms with E-state index in [-0.39, 0.29) is 11.8 Å². The van der Waals surface area contributed by atoms with E-state index in [1.807, 2.05) is 12.2 Å². The summed E-state index contributed by atoms with van der Waals surface area (Å²) in [6, 6.07) is 3.90. The average Bonchev–Trinajstić information content (AvgIpc) is 2.52. The number of hydrogen-bond donors (Lipinski definition) is 2. The number of ether oxygens (including phenoxy) is 1. The number of nitrogens with one attached hydrogen (secondary N) is 1. The Morgan fingerprint density at radius 1 is 1.41 bits per heavy atom. The molecular weight excluding hydrogens is 350 g/mol. The van der Waals surface area contributed by atoms with Crippen LogP contribution in [0.15, 0.2) is 34.8 Å². The van der Waals surface area contributed by atoms with Gasteiger partial charge in [-0.2, -0.15) is 0 Å². The van der Waals surface area contributed by atoms with Gasteiger partial charge in [-0.05, 0) is 52.9 Å². The number of benzene rings is 1. The second-order valence-electron chi connectivity index (χ2n) is 5.16. The van der Waals surface area contributed by atoms with Crippen LogP contribution in [-0.2, 0) is 9.59 Å². The van der Waals surface area contributed by atoms with Crippen molar-refractivity contribution in [2.45, 2.75) is 25.3 Å². The number of amides is 1. The quantitative estimate of drug-likeness (QED) is 0.784. The number of halogens is 1. The van der Waals surface area contributed by atoms with Gasteiger partial charge in [-0.15, -0.1) is 0 Å². The minimum Gasteiger partial charge on any atom is -0.496 e. The smallest absolute Gasteiger partial charge is 0.330 e. The van der Waals surface area contributed by atoms with Crippen LogP contribution in [0.3, 0.4) is 0 Å². The standard InChI is InChI=1S/C16H18BrNO4/c1-22-13-8-7-11(9-12(13)17)14(16(20)21)18-15(19)10-5-3-2-4-6-10/h2-3,7-10,14H,4-6H2,1H3,(H,18,19)(H,20,21). The summed E-state index contributed by atoms with van der Waals surface area (Å²) in [4.78, 5) is 23.8. The third-order valence-electron chi connectivity index (χ3n) is 3.68. The molecule has 1 aliphatic carbocycles. The fourth-order valence-electron chi connectivity index (χ4n) is 2.44. The molecule has 1 amide bonds. The van der Waals surface area contributed by atoms with Crippen molar-refractivity contribution in [3.05, 3.63) is 40.4 Å². The maximum atomic E-state index is 12.2. The summed E-state index contributed by atoms with van der Waals surface area (Å²) < 4.78 is 5.77. The van der Waals surface area contributed by atoms with Gasteiger partial charge in [0.1, 0.15) is 5.75 Å². The largest absolute Gasteiger partial charge is 0.496 e. The molecule has 5 nitrogen and oxygen atoms in total. The molecule has 2 atom stereocenters. The van der Waals surface area contributed by atoms with E-state index >= 15 is 0 Å². The van der Waals surface area contributed by atoms with E-state index in [1.165, 1.54) is 7.11 Å². The van der Waals surface area contributed by atoms with Crippen molar-refractivity contribution in [1.82, 2.24) is 5.32 Å². The number of allylic oxidation sites excluding steroid dienone is 2. The summed E-state index contributed by atoms with van der Waals surface area (Å²) in [7, 11) is 1.53. The molecule has 2 N–H and O–H groups in total. The zero-order valence-electron chi connectivity index (χ0n) is 12.2. The normalized spacial score (nSPS) is 18.5. The van der Waals surface area contributed by atoms with Crippen LogP contribution in [0.4, 0.5) is 0 Å². The molecule has 1 aromatic carbocycles. The maximum absolute atomic E-state index is 12.2. The van der Waals surface area contributed by atoms with Gasteiger partial charge in [0.2, 0.25) is 5.91 Å². The Morgan fingerprint density at radius 2 is 2.18 bits per heavy atom. The number of hydrogen-bond acceptors (Lipinski definition) is 3. The number of carboxylic acids is 1. The van der Waals surface area contributed by atoms with Crippen LogP contribution in [-0.4, -0.2) is 24.1 Å². The summed E-state index contributed by atoms with van der Waals surface area (Å²) in [5.41, 5.74) is 0.500. The second-order valence-corrected chi connectivity index (χ2v) is 6.01. The fourth-order valence-corrected chi connectivity index (χ4v) is 3.00. The molecule has 2 rings (SSSR count). The molecule has 2 unspecified atom stereocenters. The predicted octanol–water partition coefficient (Wildman–Crippen LogP) is 3.06. The Bertz CT molecular complexity index is 600. The first-order valence-electron chi connectivity index (χ1n) is 7.04. The zero-order chi connectivity index (χ0) is 16.1. The predicted molar refractivity (Wildman–Crippen MR) is 85.7 cm³/mol. The lowest BCUT2D eigenvalue weighted by Crippen LogP contribution is -2.38. The van der Waals surface area contributed by atoms with Crippen LogP contribution in [0.5, 0.6) is 5.75 Å². The molecule has 1 aliphatic rings. The van der Waals surface area contributed by atoms with Gasteiger partial charge in [0.15, 0.2) is 6.04 Å². The fraction of sp³-hybridized carbons (Fsp3) is 0.375. The molecule has 0 fully saturated rings. The lowest BCUT2D eigenvalue weighted by Gasteiger charge is -2.21. The van der Waals surface area contributed by atoms with Gasteiger partial charge in [0.25, 0.3) is 0 Å². The lowest BCUT2D eigenvalue weighted by atomic mass is 9.93. The Hall–Kier alpha value is -1.82. The first kappa shape index (κ1) is 16.5. The molecule has 0 bridgehead atoms. The van der Waals surface area contributed by atoms with E-state index in [4.69, 9.17) is 4.74 Å². The van der Waals surface area contributed by atoms with Crippen molar-refractivity contribution in [1.29, 1.82) is 0 Å². The molecule has 0 saturated heterocycles. The summed E-state index contributed by atoms with van der Waals surface area (Å²) in [6.07, 6.45) is 6.27. The zero-order valence-corrected chi connectivity index (χ0v) is 13.8. The molecule has 0 heterocycles. The minimum absolute atomic E-state index is 0.159. The first-order valence-corrected chi connectivity index (χ1v) is 7.84.